The van der Waals surface area contributed by atoms with Crippen LogP contribution >= 0.6 is 0 Å². The Morgan fingerprint density at radius 3 is 2.61 bits per heavy atom. The van der Waals surface area contributed by atoms with Crippen LogP contribution in [0.25, 0.3) is 21.7 Å². The Bertz CT molecular complexity index is 995. The van der Waals surface area contributed by atoms with Crippen LogP contribution in [0, 0.1) is 0 Å². The quantitative estimate of drug-likeness (QED) is 0.565. The van der Waals surface area contributed by atoms with Crippen LogP contribution in [0.1, 0.15) is 5.69 Å². The summed E-state index contributed by atoms with van der Waals surface area (Å²) in [4.78, 5) is 4.62. The third-order valence-electron chi connectivity index (χ3n) is 3.93. The first-order valence-electron chi connectivity index (χ1n) is 7.55. The summed E-state index contributed by atoms with van der Waals surface area (Å²) < 4.78 is 5.89. The molecule has 4 rings (SSSR count). The second kappa shape index (κ2) is 5.61. The number of hydrogen-bond donors (Lipinski definition) is 1. The number of hydrogen-bond acceptors (Lipinski definition) is 3. The molecule has 3 aromatic carbocycles. The van der Waals surface area contributed by atoms with Crippen molar-refractivity contribution in [1.82, 2.24) is 4.98 Å². The number of benzene rings is 3. The maximum atomic E-state index is 6.03. The third kappa shape index (κ3) is 2.69. The molecule has 4 aromatic rings. The number of nitrogens with two attached hydrogens (primary N) is 1. The van der Waals surface area contributed by atoms with Crippen LogP contribution in [-0.4, -0.2) is 4.98 Å². The maximum absolute atomic E-state index is 6.03. The fourth-order valence-corrected chi connectivity index (χ4v) is 2.71. The van der Waals surface area contributed by atoms with E-state index in [1.807, 2.05) is 60.7 Å². The minimum atomic E-state index is 0.434. The van der Waals surface area contributed by atoms with Gasteiger partial charge in [0, 0.05) is 16.5 Å². The van der Waals surface area contributed by atoms with Gasteiger partial charge in [-0.25, -0.2) is 4.98 Å². The molecule has 0 aliphatic rings. The molecule has 0 saturated heterocycles. The molecular weight excluding hydrogens is 284 g/mol. The third-order valence-corrected chi connectivity index (χ3v) is 3.93. The van der Waals surface area contributed by atoms with Gasteiger partial charge in [0.1, 0.15) is 12.4 Å². The molecule has 2 N–H and O–H groups in total. The van der Waals surface area contributed by atoms with Crippen LogP contribution < -0.4 is 10.5 Å². The van der Waals surface area contributed by atoms with Crippen molar-refractivity contribution < 1.29 is 4.74 Å². The lowest BCUT2D eigenvalue weighted by atomic mass is 10.1. The molecule has 0 spiro atoms. The molecule has 0 saturated carbocycles. The Morgan fingerprint density at radius 2 is 1.65 bits per heavy atom. The van der Waals surface area contributed by atoms with Crippen molar-refractivity contribution in [2.75, 3.05) is 5.73 Å². The van der Waals surface area contributed by atoms with Crippen molar-refractivity contribution >= 4 is 27.4 Å². The highest BCUT2D eigenvalue weighted by atomic mass is 16.5. The number of pyridine rings is 1. The van der Waals surface area contributed by atoms with Crippen LogP contribution in [0.15, 0.2) is 72.8 Å². The normalized spacial score (nSPS) is 11.0. The van der Waals surface area contributed by atoms with Crippen molar-refractivity contribution in [2.24, 2.45) is 0 Å². The van der Waals surface area contributed by atoms with Crippen molar-refractivity contribution in [1.29, 1.82) is 0 Å². The van der Waals surface area contributed by atoms with Crippen molar-refractivity contribution in [2.45, 2.75) is 6.61 Å². The number of ether oxygens (including phenoxy) is 1. The summed E-state index contributed by atoms with van der Waals surface area (Å²) in [6.45, 7) is 0.434. The minimum absolute atomic E-state index is 0.434. The van der Waals surface area contributed by atoms with E-state index in [0.717, 1.165) is 38.8 Å². The van der Waals surface area contributed by atoms with E-state index < -0.39 is 0 Å². The fraction of sp³-hybridized carbons (Fsp3) is 0.0500. The lowest BCUT2D eigenvalue weighted by Crippen LogP contribution is -1.98. The Morgan fingerprint density at radius 1 is 0.826 bits per heavy atom. The standard InChI is InChI=1S/C20H16N2O/c21-19-6-3-5-14-9-11-17(12-18(14)19)23-13-16-10-8-15-4-1-2-7-20(15)22-16/h1-12H,13,21H2. The lowest BCUT2D eigenvalue weighted by molar-refractivity contribution is 0.302. The first-order chi connectivity index (χ1) is 11.3. The topological polar surface area (TPSA) is 48.1 Å². The predicted octanol–water partition coefficient (Wildman–Crippen LogP) is 4.55. The molecule has 0 unspecified atom stereocenters. The molecule has 0 bridgehead atoms. The van der Waals surface area contributed by atoms with Gasteiger partial charge in [0.15, 0.2) is 0 Å². The molecule has 0 amide bonds. The fourth-order valence-electron chi connectivity index (χ4n) is 2.71. The zero-order chi connectivity index (χ0) is 15.6. The highest BCUT2D eigenvalue weighted by Crippen LogP contribution is 2.26. The van der Waals surface area contributed by atoms with Gasteiger partial charge in [0.05, 0.1) is 11.2 Å². The van der Waals surface area contributed by atoms with E-state index in [0.29, 0.717) is 6.61 Å². The number of rotatable bonds is 3. The molecule has 112 valence electrons. The molecule has 1 aromatic heterocycles. The van der Waals surface area contributed by atoms with Gasteiger partial charge >= 0.3 is 0 Å². The first kappa shape index (κ1) is 13.6. The average molecular weight is 300 g/mol. The van der Waals surface area contributed by atoms with E-state index in [9.17, 15) is 0 Å². The molecule has 23 heavy (non-hydrogen) atoms. The summed E-state index contributed by atoms with van der Waals surface area (Å²) in [7, 11) is 0. The Kier molecular flexibility index (Phi) is 3.31. The van der Waals surface area contributed by atoms with E-state index in [4.69, 9.17) is 10.5 Å². The number of anilines is 1. The molecular formula is C20H16N2O. The minimum Gasteiger partial charge on any atom is -0.487 e. The van der Waals surface area contributed by atoms with E-state index >= 15 is 0 Å². The number of nitrogens with zero attached hydrogens (tertiary/aromatic N) is 1. The zero-order valence-corrected chi connectivity index (χ0v) is 12.6. The SMILES string of the molecule is Nc1cccc2ccc(OCc3ccc4ccccc4n3)cc12. The van der Waals surface area contributed by atoms with Crippen LogP contribution in [-0.2, 0) is 6.61 Å². The van der Waals surface area contributed by atoms with Crippen LogP contribution in [0.5, 0.6) is 5.75 Å². The number of aromatic nitrogens is 1. The van der Waals surface area contributed by atoms with Gasteiger partial charge in [0.2, 0.25) is 0 Å². The van der Waals surface area contributed by atoms with Gasteiger partial charge in [-0.2, -0.15) is 0 Å². The summed E-state index contributed by atoms with van der Waals surface area (Å²) in [5.74, 6) is 0.797. The Balaban J connectivity index is 1.59. The van der Waals surface area contributed by atoms with Crippen LogP contribution in [0.2, 0.25) is 0 Å². The van der Waals surface area contributed by atoms with Crippen molar-refractivity contribution in [3.05, 3.63) is 78.5 Å². The lowest BCUT2D eigenvalue weighted by Gasteiger charge is -2.09. The van der Waals surface area contributed by atoms with E-state index in [1.54, 1.807) is 0 Å². The molecule has 3 heteroatoms. The number of fused-ring (bicyclic) bond motifs is 2. The number of para-hydroxylation sites is 1. The van der Waals surface area contributed by atoms with E-state index in [2.05, 4.69) is 17.1 Å². The van der Waals surface area contributed by atoms with Gasteiger partial charge in [-0.15, -0.1) is 0 Å². The predicted molar refractivity (Wildman–Crippen MR) is 94.4 cm³/mol. The van der Waals surface area contributed by atoms with Crippen molar-refractivity contribution in [3.8, 4) is 5.75 Å². The molecule has 0 aliphatic heterocycles. The summed E-state index contributed by atoms with van der Waals surface area (Å²) in [5, 5.41) is 3.26. The summed E-state index contributed by atoms with van der Waals surface area (Å²) in [6, 6.07) is 24.0. The highest BCUT2D eigenvalue weighted by molar-refractivity contribution is 5.93. The molecule has 0 atom stereocenters. The van der Waals surface area contributed by atoms with E-state index in [-0.39, 0.29) is 0 Å². The highest BCUT2D eigenvalue weighted by Gasteiger charge is 2.03. The maximum Gasteiger partial charge on any atom is 0.130 e. The zero-order valence-electron chi connectivity index (χ0n) is 12.6. The monoisotopic (exact) mass is 300 g/mol. The van der Waals surface area contributed by atoms with Gasteiger partial charge in [-0.05, 0) is 35.7 Å². The van der Waals surface area contributed by atoms with Crippen molar-refractivity contribution in [3.63, 3.8) is 0 Å². The average Bonchev–Trinajstić information content (AvgIpc) is 2.60. The first-order valence-corrected chi connectivity index (χ1v) is 7.55. The Hall–Kier alpha value is -3.07. The smallest absolute Gasteiger partial charge is 0.130 e. The summed E-state index contributed by atoms with van der Waals surface area (Å²) in [6.07, 6.45) is 0. The number of nitrogen functional groups attached to an aromatic ring is 1. The summed E-state index contributed by atoms with van der Waals surface area (Å²) in [5.41, 5.74) is 8.68. The second-order valence-corrected chi connectivity index (χ2v) is 5.51. The van der Waals surface area contributed by atoms with Crippen LogP contribution in [0.4, 0.5) is 5.69 Å². The summed E-state index contributed by atoms with van der Waals surface area (Å²) >= 11 is 0. The van der Waals surface area contributed by atoms with Crippen LogP contribution in [0.3, 0.4) is 0 Å². The Labute approximate surface area is 134 Å². The molecule has 0 fully saturated rings. The largest absolute Gasteiger partial charge is 0.487 e. The van der Waals surface area contributed by atoms with E-state index in [1.165, 1.54) is 0 Å². The molecule has 3 nitrogen and oxygen atoms in total. The molecule has 1 heterocycles. The molecule has 0 aliphatic carbocycles. The second-order valence-electron chi connectivity index (χ2n) is 5.51. The van der Waals surface area contributed by atoms with Gasteiger partial charge in [-0.3, -0.25) is 0 Å². The van der Waals surface area contributed by atoms with Gasteiger partial charge in [-0.1, -0.05) is 42.5 Å². The molecule has 0 radical (unpaired) electrons. The van der Waals surface area contributed by atoms with Gasteiger partial charge < -0.3 is 10.5 Å². The van der Waals surface area contributed by atoms with Gasteiger partial charge in [0.25, 0.3) is 0 Å².